The summed E-state index contributed by atoms with van der Waals surface area (Å²) in [6, 6.07) is 7.32. The highest BCUT2D eigenvalue weighted by molar-refractivity contribution is 7.13. The SMILES string of the molecule is Cc1sc(C(=O)O)nc1-c1ccc(OCC(C)C)c(C#N)c1. The van der Waals surface area contributed by atoms with E-state index in [9.17, 15) is 10.1 Å². The van der Waals surface area contributed by atoms with Crippen LogP contribution in [0.2, 0.25) is 0 Å². The van der Waals surface area contributed by atoms with Gasteiger partial charge in [-0.15, -0.1) is 11.3 Å². The molecule has 0 fully saturated rings. The summed E-state index contributed by atoms with van der Waals surface area (Å²) in [5.41, 5.74) is 1.73. The molecule has 22 heavy (non-hydrogen) atoms. The van der Waals surface area contributed by atoms with Gasteiger partial charge >= 0.3 is 5.97 Å². The minimum absolute atomic E-state index is 0.0474. The van der Waals surface area contributed by atoms with Crippen LogP contribution in [0.25, 0.3) is 11.3 Å². The van der Waals surface area contributed by atoms with Gasteiger partial charge in [0.2, 0.25) is 5.01 Å². The third-order valence-corrected chi connectivity index (χ3v) is 3.88. The van der Waals surface area contributed by atoms with E-state index in [2.05, 4.69) is 11.1 Å². The van der Waals surface area contributed by atoms with Gasteiger partial charge in [-0.25, -0.2) is 9.78 Å². The Bertz CT molecular complexity index is 744. The molecule has 0 amide bonds. The molecule has 0 bridgehead atoms. The fourth-order valence-electron chi connectivity index (χ4n) is 1.90. The van der Waals surface area contributed by atoms with Gasteiger partial charge in [-0.05, 0) is 31.0 Å². The first kappa shape index (κ1) is 16.0. The van der Waals surface area contributed by atoms with Crippen molar-refractivity contribution >= 4 is 17.3 Å². The molecule has 1 heterocycles. The molecular formula is C16H16N2O3S. The minimum atomic E-state index is -1.04. The Balaban J connectivity index is 2.37. The van der Waals surface area contributed by atoms with Crippen LogP contribution in [0.4, 0.5) is 0 Å². The van der Waals surface area contributed by atoms with E-state index < -0.39 is 5.97 Å². The number of thiazole rings is 1. The first-order chi connectivity index (χ1) is 10.4. The molecule has 2 rings (SSSR count). The van der Waals surface area contributed by atoms with E-state index in [0.29, 0.717) is 29.5 Å². The number of nitrogens with zero attached hydrogens (tertiary/aromatic N) is 2. The Morgan fingerprint density at radius 2 is 2.23 bits per heavy atom. The van der Waals surface area contributed by atoms with Crippen LogP contribution in [0.1, 0.15) is 34.1 Å². The standard InChI is InChI=1S/C16H16N2O3S/c1-9(2)8-21-13-5-4-11(6-12(13)7-17)14-10(3)22-15(18-14)16(19)20/h4-6,9H,8H2,1-3H3,(H,19,20). The predicted octanol–water partition coefficient (Wildman–Crippen LogP) is 3.72. The van der Waals surface area contributed by atoms with E-state index in [0.717, 1.165) is 21.8 Å². The van der Waals surface area contributed by atoms with Crippen LogP contribution in [0, 0.1) is 24.2 Å². The van der Waals surface area contributed by atoms with E-state index in [4.69, 9.17) is 9.84 Å². The van der Waals surface area contributed by atoms with Crippen LogP contribution in [0.15, 0.2) is 18.2 Å². The monoisotopic (exact) mass is 316 g/mol. The third kappa shape index (κ3) is 3.43. The van der Waals surface area contributed by atoms with E-state index in [1.807, 2.05) is 20.8 Å². The van der Waals surface area contributed by atoms with Crippen molar-refractivity contribution in [3.8, 4) is 23.1 Å². The number of carbonyl (C=O) groups is 1. The Morgan fingerprint density at radius 1 is 1.50 bits per heavy atom. The number of nitriles is 1. The number of hydrogen-bond donors (Lipinski definition) is 1. The average Bonchev–Trinajstić information content (AvgIpc) is 2.87. The third-order valence-electron chi connectivity index (χ3n) is 2.93. The number of aromatic nitrogens is 1. The Morgan fingerprint density at radius 3 is 2.77 bits per heavy atom. The number of carboxylic acids is 1. The van der Waals surface area contributed by atoms with E-state index in [1.54, 1.807) is 18.2 Å². The molecule has 0 saturated carbocycles. The molecule has 0 aliphatic carbocycles. The second kappa shape index (κ2) is 6.58. The molecule has 2 aromatic rings. The molecule has 6 heteroatoms. The van der Waals surface area contributed by atoms with Crippen molar-refractivity contribution in [1.82, 2.24) is 4.98 Å². The number of benzene rings is 1. The summed E-state index contributed by atoms with van der Waals surface area (Å²) in [4.78, 5) is 15.9. The van der Waals surface area contributed by atoms with Gasteiger partial charge < -0.3 is 9.84 Å². The smallest absolute Gasteiger partial charge is 0.365 e. The average molecular weight is 316 g/mol. The van der Waals surface area contributed by atoms with Crippen LogP contribution in [-0.2, 0) is 0 Å². The summed E-state index contributed by atoms with van der Waals surface area (Å²) in [7, 11) is 0. The second-order valence-corrected chi connectivity index (χ2v) is 6.46. The quantitative estimate of drug-likeness (QED) is 0.908. The lowest BCUT2D eigenvalue weighted by molar-refractivity contribution is 0.0696. The molecule has 1 aromatic heterocycles. The topological polar surface area (TPSA) is 83.2 Å². The van der Waals surface area contributed by atoms with Crippen molar-refractivity contribution in [3.05, 3.63) is 33.6 Å². The zero-order chi connectivity index (χ0) is 16.3. The first-order valence-corrected chi connectivity index (χ1v) is 7.62. The summed E-state index contributed by atoms with van der Waals surface area (Å²) in [5.74, 6) is -0.145. The number of carboxylic acid groups (broad SMARTS) is 1. The van der Waals surface area contributed by atoms with Gasteiger partial charge in [0.15, 0.2) is 0 Å². The highest BCUT2D eigenvalue weighted by Crippen LogP contribution is 2.31. The van der Waals surface area contributed by atoms with Crippen molar-refractivity contribution in [2.45, 2.75) is 20.8 Å². The molecule has 5 nitrogen and oxygen atoms in total. The maximum absolute atomic E-state index is 11.0. The fourth-order valence-corrected chi connectivity index (χ4v) is 2.68. The zero-order valence-corrected chi connectivity index (χ0v) is 13.4. The van der Waals surface area contributed by atoms with Gasteiger partial charge in [0.25, 0.3) is 0 Å². The summed E-state index contributed by atoms with van der Waals surface area (Å²) >= 11 is 1.12. The lowest BCUT2D eigenvalue weighted by atomic mass is 10.1. The van der Waals surface area contributed by atoms with Crippen molar-refractivity contribution in [2.24, 2.45) is 5.92 Å². The largest absolute Gasteiger partial charge is 0.492 e. The van der Waals surface area contributed by atoms with Gasteiger partial charge in [0, 0.05) is 10.4 Å². The lowest BCUT2D eigenvalue weighted by Gasteiger charge is -2.11. The molecule has 0 aliphatic heterocycles. The fraction of sp³-hybridized carbons (Fsp3) is 0.312. The molecule has 1 aromatic carbocycles. The highest BCUT2D eigenvalue weighted by Gasteiger charge is 2.16. The van der Waals surface area contributed by atoms with E-state index >= 15 is 0 Å². The number of aryl methyl sites for hydroxylation is 1. The number of rotatable bonds is 5. The highest BCUT2D eigenvalue weighted by atomic mass is 32.1. The normalized spacial score (nSPS) is 10.5. The zero-order valence-electron chi connectivity index (χ0n) is 12.6. The Hall–Kier alpha value is -2.39. The van der Waals surface area contributed by atoms with Crippen molar-refractivity contribution in [1.29, 1.82) is 5.26 Å². The molecule has 0 saturated heterocycles. The molecule has 0 atom stereocenters. The minimum Gasteiger partial charge on any atom is -0.492 e. The van der Waals surface area contributed by atoms with Gasteiger partial charge in [-0.2, -0.15) is 5.26 Å². The van der Waals surface area contributed by atoms with Gasteiger partial charge in [0.05, 0.1) is 17.9 Å². The molecule has 114 valence electrons. The number of ether oxygens (including phenoxy) is 1. The van der Waals surface area contributed by atoms with Crippen LogP contribution >= 0.6 is 11.3 Å². The van der Waals surface area contributed by atoms with Crippen LogP contribution in [-0.4, -0.2) is 22.7 Å². The van der Waals surface area contributed by atoms with Gasteiger partial charge in [-0.3, -0.25) is 0 Å². The number of aromatic carboxylic acids is 1. The Labute approximate surface area is 132 Å². The molecule has 0 unspecified atom stereocenters. The van der Waals surface area contributed by atoms with Gasteiger partial charge in [0.1, 0.15) is 11.8 Å². The van der Waals surface area contributed by atoms with Crippen LogP contribution < -0.4 is 4.74 Å². The van der Waals surface area contributed by atoms with E-state index in [-0.39, 0.29) is 5.01 Å². The molecular weight excluding hydrogens is 300 g/mol. The van der Waals surface area contributed by atoms with Crippen molar-refractivity contribution < 1.29 is 14.6 Å². The lowest BCUT2D eigenvalue weighted by Crippen LogP contribution is -2.05. The number of hydrogen-bond acceptors (Lipinski definition) is 5. The van der Waals surface area contributed by atoms with Crippen LogP contribution in [0.5, 0.6) is 5.75 Å². The van der Waals surface area contributed by atoms with Crippen molar-refractivity contribution in [2.75, 3.05) is 6.61 Å². The maximum Gasteiger partial charge on any atom is 0.365 e. The first-order valence-electron chi connectivity index (χ1n) is 6.80. The van der Waals surface area contributed by atoms with Crippen molar-refractivity contribution in [3.63, 3.8) is 0 Å². The molecule has 0 aliphatic rings. The summed E-state index contributed by atoms with van der Waals surface area (Å²) < 4.78 is 5.62. The molecule has 0 radical (unpaired) electrons. The maximum atomic E-state index is 11.0. The Kier molecular flexibility index (Phi) is 4.78. The summed E-state index contributed by atoms with van der Waals surface area (Å²) in [5, 5.41) is 18.3. The van der Waals surface area contributed by atoms with Crippen LogP contribution in [0.3, 0.4) is 0 Å². The van der Waals surface area contributed by atoms with E-state index in [1.165, 1.54) is 0 Å². The molecule has 1 N–H and O–H groups in total. The summed E-state index contributed by atoms with van der Waals surface area (Å²) in [6.45, 7) is 6.42. The second-order valence-electron chi connectivity index (χ2n) is 5.26. The predicted molar refractivity (Wildman–Crippen MR) is 84.3 cm³/mol. The van der Waals surface area contributed by atoms with Gasteiger partial charge in [-0.1, -0.05) is 13.8 Å². The summed E-state index contributed by atoms with van der Waals surface area (Å²) in [6.07, 6.45) is 0. The molecule has 0 spiro atoms.